The van der Waals surface area contributed by atoms with Crippen LogP contribution >= 0.6 is 28.3 Å². The molecule has 0 saturated carbocycles. The molecule has 0 aliphatic heterocycles. The topological polar surface area (TPSA) is 135 Å². The van der Waals surface area contributed by atoms with E-state index in [-0.39, 0.29) is 18.1 Å². The quantitative estimate of drug-likeness (QED) is 0.417. The Morgan fingerprint density at radius 1 is 1.21 bits per heavy atom. The van der Waals surface area contributed by atoms with Crippen molar-refractivity contribution in [3.8, 4) is 28.8 Å². The van der Waals surface area contributed by atoms with Gasteiger partial charge in [-0.05, 0) is 25.1 Å². The van der Waals surface area contributed by atoms with Crippen molar-refractivity contribution < 1.29 is 9.47 Å². The van der Waals surface area contributed by atoms with Crippen molar-refractivity contribution in [1.29, 1.82) is 5.26 Å². The van der Waals surface area contributed by atoms with Crippen LogP contribution < -0.4 is 20.5 Å². The van der Waals surface area contributed by atoms with Crippen molar-refractivity contribution in [2.24, 2.45) is 5.73 Å². The van der Waals surface area contributed by atoms with Crippen LogP contribution in [0.2, 0.25) is 0 Å². The van der Waals surface area contributed by atoms with Crippen molar-refractivity contribution >= 4 is 40.0 Å². The minimum Gasteiger partial charge on any atom is -0.496 e. The summed E-state index contributed by atoms with van der Waals surface area (Å²) in [5.41, 5.74) is 7.25. The van der Waals surface area contributed by atoms with Gasteiger partial charge in [0.05, 0.1) is 37.4 Å². The fourth-order valence-electron chi connectivity index (χ4n) is 2.46. The lowest BCUT2D eigenvalue weighted by atomic mass is 10.1. The van der Waals surface area contributed by atoms with Crippen LogP contribution in [0.3, 0.4) is 0 Å². The first-order chi connectivity index (χ1) is 13.6. The van der Waals surface area contributed by atoms with Crippen LogP contribution in [-0.4, -0.2) is 40.4 Å². The Kier molecular flexibility index (Phi) is 8.21. The van der Waals surface area contributed by atoms with Crippen molar-refractivity contribution in [2.75, 3.05) is 25.6 Å². The fraction of sp³-hybridized carbons (Fsp3) is 0.222. The van der Waals surface area contributed by atoms with Crippen molar-refractivity contribution in [1.82, 2.24) is 20.2 Å². The third kappa shape index (κ3) is 5.57. The summed E-state index contributed by atoms with van der Waals surface area (Å²) < 4.78 is 12.3. The maximum Gasteiger partial charge on any atom is 0.158 e. The van der Waals surface area contributed by atoms with Crippen molar-refractivity contribution in [3.63, 3.8) is 0 Å². The Morgan fingerprint density at radius 3 is 2.66 bits per heavy atom. The SMILES string of the molecule is COc1cc(Br)cc(OCCCN)c1-c1cc(Nc2cnc(C#N)cn2)n[nH]1.Cl. The summed E-state index contributed by atoms with van der Waals surface area (Å²) in [5.74, 6) is 2.28. The highest BCUT2D eigenvalue weighted by Crippen LogP contribution is 2.41. The van der Waals surface area contributed by atoms with E-state index in [1.54, 1.807) is 13.2 Å². The predicted molar refractivity (Wildman–Crippen MR) is 115 cm³/mol. The van der Waals surface area contributed by atoms with E-state index in [1.807, 2.05) is 18.2 Å². The second-order valence-corrected chi connectivity index (χ2v) is 6.58. The molecule has 0 amide bonds. The van der Waals surface area contributed by atoms with Crippen molar-refractivity contribution in [3.05, 3.63) is 40.8 Å². The highest BCUT2D eigenvalue weighted by atomic mass is 79.9. The van der Waals surface area contributed by atoms with Gasteiger partial charge in [-0.2, -0.15) is 10.4 Å². The Bertz CT molecular complexity index is 989. The number of methoxy groups -OCH3 is 1. The molecule has 0 spiro atoms. The van der Waals surface area contributed by atoms with Gasteiger partial charge in [0.2, 0.25) is 0 Å². The number of benzene rings is 1. The second-order valence-electron chi connectivity index (χ2n) is 5.66. The lowest BCUT2D eigenvalue weighted by Crippen LogP contribution is -2.07. The van der Waals surface area contributed by atoms with E-state index in [2.05, 4.69) is 41.4 Å². The van der Waals surface area contributed by atoms with Crippen LogP contribution in [0.1, 0.15) is 12.1 Å². The zero-order valence-electron chi connectivity index (χ0n) is 15.5. The summed E-state index contributed by atoms with van der Waals surface area (Å²) in [4.78, 5) is 8.09. The molecule has 1 aromatic carbocycles. The zero-order chi connectivity index (χ0) is 19.9. The Labute approximate surface area is 182 Å². The zero-order valence-corrected chi connectivity index (χ0v) is 17.9. The molecule has 4 N–H and O–H groups in total. The molecule has 152 valence electrons. The van der Waals surface area contributed by atoms with Crippen LogP contribution in [0.25, 0.3) is 11.3 Å². The van der Waals surface area contributed by atoms with Gasteiger partial charge in [-0.3, -0.25) is 5.10 Å². The number of nitriles is 1. The standard InChI is InChI=1S/C18H18BrN7O2.ClH/c1-27-14-5-11(19)6-15(28-4-2-3-20)18(14)13-7-16(26-25-13)24-17-10-22-12(8-21)9-23-17;/h5-7,9-10H,2-4,20H2,1H3,(H2,23,24,25,26);1H. The maximum absolute atomic E-state index is 8.80. The van der Waals surface area contributed by atoms with Gasteiger partial charge >= 0.3 is 0 Å². The smallest absolute Gasteiger partial charge is 0.158 e. The minimum absolute atomic E-state index is 0. The van der Waals surface area contributed by atoms with Crippen LogP contribution in [0.15, 0.2) is 35.1 Å². The highest BCUT2D eigenvalue weighted by Gasteiger charge is 2.17. The van der Waals surface area contributed by atoms with Gasteiger partial charge in [-0.25, -0.2) is 9.97 Å². The molecule has 0 radical (unpaired) electrons. The summed E-state index contributed by atoms with van der Waals surface area (Å²) in [7, 11) is 1.59. The number of nitrogens with one attached hydrogen (secondary N) is 2. The second kappa shape index (κ2) is 10.6. The van der Waals surface area contributed by atoms with Gasteiger partial charge in [-0.15, -0.1) is 12.4 Å². The summed E-state index contributed by atoms with van der Waals surface area (Å²) in [5, 5.41) is 19.1. The molecular formula is C18H19BrClN7O2. The first kappa shape index (κ1) is 22.4. The van der Waals surface area contributed by atoms with Gasteiger partial charge in [0.15, 0.2) is 11.5 Å². The maximum atomic E-state index is 8.80. The van der Waals surface area contributed by atoms with Crippen molar-refractivity contribution in [2.45, 2.75) is 6.42 Å². The number of aromatic nitrogens is 4. The molecule has 29 heavy (non-hydrogen) atoms. The molecule has 2 aromatic heterocycles. The first-order valence-electron chi connectivity index (χ1n) is 8.40. The van der Waals surface area contributed by atoms with E-state index < -0.39 is 0 Å². The number of nitrogens with two attached hydrogens (primary N) is 1. The van der Waals surface area contributed by atoms with Crippen LogP contribution in [0.5, 0.6) is 11.5 Å². The summed E-state index contributed by atoms with van der Waals surface area (Å²) in [6, 6.07) is 7.45. The van der Waals surface area contributed by atoms with E-state index in [0.29, 0.717) is 42.0 Å². The Balaban J connectivity index is 0.00000300. The molecule has 0 saturated heterocycles. The number of hydrogen-bond acceptors (Lipinski definition) is 8. The molecule has 0 aliphatic carbocycles. The highest BCUT2D eigenvalue weighted by molar-refractivity contribution is 9.10. The molecule has 9 nitrogen and oxygen atoms in total. The summed E-state index contributed by atoms with van der Waals surface area (Å²) >= 11 is 3.47. The van der Waals surface area contributed by atoms with Gasteiger partial charge in [0, 0.05) is 10.5 Å². The lowest BCUT2D eigenvalue weighted by molar-refractivity contribution is 0.312. The largest absolute Gasteiger partial charge is 0.496 e. The number of hydrogen-bond donors (Lipinski definition) is 3. The van der Waals surface area contributed by atoms with Gasteiger partial charge in [0.25, 0.3) is 0 Å². The number of rotatable bonds is 8. The van der Waals surface area contributed by atoms with E-state index in [4.69, 9.17) is 20.5 Å². The first-order valence-corrected chi connectivity index (χ1v) is 9.19. The van der Waals surface area contributed by atoms with Crippen LogP contribution in [-0.2, 0) is 0 Å². The predicted octanol–water partition coefficient (Wildman–Crippen LogP) is 3.40. The average Bonchev–Trinajstić information content (AvgIpc) is 3.16. The average molecular weight is 481 g/mol. The van der Waals surface area contributed by atoms with Gasteiger partial charge in [-0.1, -0.05) is 15.9 Å². The Hall–Kier alpha value is -2.87. The molecule has 0 unspecified atom stereocenters. The number of ether oxygens (including phenoxy) is 2. The molecule has 3 rings (SSSR count). The Morgan fingerprint density at radius 2 is 2.00 bits per heavy atom. The molecule has 0 aliphatic rings. The van der Waals surface area contributed by atoms with E-state index in [1.165, 1.54) is 12.4 Å². The fourth-order valence-corrected chi connectivity index (χ4v) is 2.87. The van der Waals surface area contributed by atoms with E-state index in [9.17, 15) is 0 Å². The molecule has 2 heterocycles. The molecular weight excluding hydrogens is 462 g/mol. The number of aromatic amines is 1. The van der Waals surface area contributed by atoms with Crippen LogP contribution in [0.4, 0.5) is 11.6 Å². The molecule has 0 fully saturated rings. The van der Waals surface area contributed by atoms with Crippen LogP contribution in [0, 0.1) is 11.3 Å². The summed E-state index contributed by atoms with van der Waals surface area (Å²) in [6.07, 6.45) is 3.59. The number of anilines is 2. The normalized spacial score (nSPS) is 10.0. The molecule has 0 bridgehead atoms. The third-order valence-electron chi connectivity index (χ3n) is 3.73. The number of halogens is 2. The monoisotopic (exact) mass is 479 g/mol. The molecule has 11 heteroatoms. The summed E-state index contributed by atoms with van der Waals surface area (Å²) in [6.45, 7) is 1.04. The number of H-pyrrole nitrogens is 1. The molecule has 3 aromatic rings. The van der Waals surface area contributed by atoms with E-state index in [0.717, 1.165) is 16.5 Å². The lowest BCUT2D eigenvalue weighted by Gasteiger charge is -2.14. The third-order valence-corrected chi connectivity index (χ3v) is 4.18. The minimum atomic E-state index is 0. The number of nitrogens with zero attached hydrogens (tertiary/aromatic N) is 4. The van der Waals surface area contributed by atoms with Gasteiger partial charge in [0.1, 0.15) is 23.4 Å². The molecule has 0 atom stereocenters. The van der Waals surface area contributed by atoms with E-state index >= 15 is 0 Å². The van der Waals surface area contributed by atoms with Gasteiger partial charge < -0.3 is 20.5 Å².